The van der Waals surface area contributed by atoms with Crippen LogP contribution in [0.15, 0.2) is 42.7 Å². The van der Waals surface area contributed by atoms with Crippen LogP contribution in [-0.4, -0.2) is 9.97 Å². The summed E-state index contributed by atoms with van der Waals surface area (Å²) in [5.74, 6) is 0. The first-order chi connectivity index (χ1) is 7.84. The van der Waals surface area contributed by atoms with Gasteiger partial charge in [0.05, 0.1) is 5.69 Å². The Bertz CT molecular complexity index is 629. The monoisotopic (exact) mass is 224 g/mol. The molecule has 2 heterocycles. The standard InChI is InChI=1S/C13H8N2S/c1-9-11-7-12(10-5-3-2-4-6-10)16-13(11)15-8-14-9/h1-8H. The van der Waals surface area contributed by atoms with Gasteiger partial charge in [-0.2, -0.15) is 0 Å². The summed E-state index contributed by atoms with van der Waals surface area (Å²) in [4.78, 5) is 10.3. The molecule has 16 heavy (non-hydrogen) atoms. The Kier molecular flexibility index (Phi) is 2.18. The van der Waals surface area contributed by atoms with Gasteiger partial charge in [-0.1, -0.05) is 30.3 Å². The molecule has 0 bridgehead atoms. The molecule has 0 spiro atoms. The minimum atomic E-state index is 0.545. The molecule has 1 aromatic carbocycles. The summed E-state index contributed by atoms with van der Waals surface area (Å²) in [6, 6.07) is 12.3. The van der Waals surface area contributed by atoms with Gasteiger partial charge in [0.2, 0.25) is 0 Å². The molecule has 0 amide bonds. The highest BCUT2D eigenvalue weighted by atomic mass is 32.1. The predicted molar refractivity (Wildman–Crippen MR) is 66.3 cm³/mol. The molecular weight excluding hydrogens is 216 g/mol. The van der Waals surface area contributed by atoms with Crippen molar-refractivity contribution in [1.82, 2.24) is 9.97 Å². The summed E-state index contributed by atoms with van der Waals surface area (Å²) >= 11 is 1.63. The molecule has 2 radical (unpaired) electrons. The summed E-state index contributed by atoms with van der Waals surface area (Å²) in [6.45, 7) is 5.80. The second-order valence-electron chi connectivity index (χ2n) is 3.45. The molecule has 0 aliphatic carbocycles. The molecule has 76 valence electrons. The van der Waals surface area contributed by atoms with Crippen molar-refractivity contribution in [3.05, 3.63) is 55.3 Å². The number of hydrogen-bond donors (Lipinski definition) is 0. The van der Waals surface area contributed by atoms with Crippen molar-refractivity contribution in [2.45, 2.75) is 0 Å². The van der Waals surface area contributed by atoms with E-state index in [1.807, 2.05) is 24.3 Å². The molecule has 3 heteroatoms. The van der Waals surface area contributed by atoms with Crippen LogP contribution in [0.2, 0.25) is 0 Å². The van der Waals surface area contributed by atoms with Crippen LogP contribution in [0.1, 0.15) is 5.69 Å². The Balaban J connectivity index is 2.23. The van der Waals surface area contributed by atoms with Gasteiger partial charge in [0.15, 0.2) is 0 Å². The van der Waals surface area contributed by atoms with Crippen LogP contribution in [-0.2, 0) is 0 Å². The number of rotatable bonds is 1. The van der Waals surface area contributed by atoms with E-state index in [0.29, 0.717) is 5.69 Å². The van der Waals surface area contributed by atoms with Crippen molar-refractivity contribution in [2.24, 2.45) is 0 Å². The first-order valence-electron chi connectivity index (χ1n) is 4.90. The molecule has 0 unspecified atom stereocenters. The van der Waals surface area contributed by atoms with Crippen molar-refractivity contribution in [2.75, 3.05) is 0 Å². The highest BCUT2D eigenvalue weighted by molar-refractivity contribution is 7.21. The van der Waals surface area contributed by atoms with Gasteiger partial charge in [0.1, 0.15) is 11.2 Å². The highest BCUT2D eigenvalue weighted by Gasteiger charge is 2.06. The molecule has 0 aliphatic rings. The van der Waals surface area contributed by atoms with E-state index >= 15 is 0 Å². The van der Waals surface area contributed by atoms with Crippen LogP contribution in [0.5, 0.6) is 0 Å². The Morgan fingerprint density at radius 1 is 1.06 bits per heavy atom. The Hall–Kier alpha value is -1.74. The second kappa shape index (κ2) is 3.68. The summed E-state index contributed by atoms with van der Waals surface area (Å²) in [5.41, 5.74) is 1.73. The largest absolute Gasteiger partial charge is 0.240 e. The van der Waals surface area contributed by atoms with Gasteiger partial charge in [0, 0.05) is 17.2 Å². The van der Waals surface area contributed by atoms with Crippen LogP contribution < -0.4 is 0 Å². The zero-order valence-corrected chi connectivity index (χ0v) is 9.24. The van der Waals surface area contributed by atoms with E-state index in [1.54, 1.807) is 11.3 Å². The molecule has 3 rings (SSSR count). The lowest BCUT2D eigenvalue weighted by Gasteiger charge is -1.93. The number of hydrogen-bond acceptors (Lipinski definition) is 3. The molecule has 3 aromatic rings. The number of aromatic nitrogens is 2. The van der Waals surface area contributed by atoms with Crippen LogP contribution in [0.25, 0.3) is 20.7 Å². The molecule has 0 atom stereocenters. The topological polar surface area (TPSA) is 25.8 Å². The average Bonchev–Trinajstić information content (AvgIpc) is 2.76. The van der Waals surface area contributed by atoms with E-state index in [-0.39, 0.29) is 0 Å². The van der Waals surface area contributed by atoms with Crippen LogP contribution in [0.3, 0.4) is 0 Å². The molecule has 0 N–H and O–H groups in total. The first kappa shape index (κ1) is 9.48. The van der Waals surface area contributed by atoms with E-state index in [0.717, 1.165) is 10.2 Å². The Morgan fingerprint density at radius 2 is 1.88 bits per heavy atom. The Labute approximate surface area is 97.6 Å². The van der Waals surface area contributed by atoms with Crippen molar-refractivity contribution in [3.8, 4) is 10.4 Å². The number of fused-ring (bicyclic) bond motifs is 1. The van der Waals surface area contributed by atoms with Gasteiger partial charge in [-0.05, 0) is 11.6 Å². The van der Waals surface area contributed by atoms with Gasteiger partial charge in [-0.15, -0.1) is 11.3 Å². The van der Waals surface area contributed by atoms with Crippen molar-refractivity contribution < 1.29 is 0 Å². The average molecular weight is 224 g/mol. The Morgan fingerprint density at radius 3 is 2.62 bits per heavy atom. The van der Waals surface area contributed by atoms with E-state index in [1.165, 1.54) is 16.8 Å². The van der Waals surface area contributed by atoms with Gasteiger partial charge in [-0.25, -0.2) is 9.97 Å². The summed E-state index contributed by atoms with van der Waals surface area (Å²) in [5, 5.41) is 0.936. The molecule has 0 aliphatic heterocycles. The fourth-order valence-corrected chi connectivity index (χ4v) is 2.63. The zero-order valence-electron chi connectivity index (χ0n) is 8.42. The number of thiophene rings is 1. The smallest absolute Gasteiger partial charge is 0.127 e. The second-order valence-corrected chi connectivity index (χ2v) is 4.49. The van der Waals surface area contributed by atoms with E-state index in [4.69, 9.17) is 6.92 Å². The number of benzene rings is 1. The van der Waals surface area contributed by atoms with Crippen LogP contribution in [0, 0.1) is 6.92 Å². The first-order valence-corrected chi connectivity index (χ1v) is 5.72. The van der Waals surface area contributed by atoms with Gasteiger partial charge >= 0.3 is 0 Å². The third-order valence-corrected chi connectivity index (χ3v) is 3.51. The lowest BCUT2D eigenvalue weighted by Crippen LogP contribution is -1.81. The summed E-state index contributed by atoms with van der Waals surface area (Å²) in [7, 11) is 0. The molecule has 0 saturated carbocycles. The quantitative estimate of drug-likeness (QED) is 0.633. The maximum Gasteiger partial charge on any atom is 0.127 e. The maximum absolute atomic E-state index is 5.80. The van der Waals surface area contributed by atoms with Crippen LogP contribution >= 0.6 is 11.3 Å². The normalized spacial score (nSPS) is 10.8. The lowest BCUT2D eigenvalue weighted by molar-refractivity contribution is 1.20. The minimum absolute atomic E-state index is 0.545. The van der Waals surface area contributed by atoms with E-state index < -0.39 is 0 Å². The fourth-order valence-electron chi connectivity index (χ4n) is 1.62. The summed E-state index contributed by atoms with van der Waals surface area (Å²) < 4.78 is 0. The molecule has 0 saturated heterocycles. The van der Waals surface area contributed by atoms with Gasteiger partial charge in [-0.3, -0.25) is 0 Å². The van der Waals surface area contributed by atoms with E-state index in [9.17, 15) is 0 Å². The number of nitrogens with zero attached hydrogens (tertiary/aromatic N) is 2. The third kappa shape index (κ3) is 1.49. The summed E-state index contributed by atoms with van der Waals surface area (Å²) in [6.07, 6.45) is 1.50. The fraction of sp³-hybridized carbons (Fsp3) is 0. The zero-order chi connectivity index (χ0) is 11.0. The molecule has 0 fully saturated rings. The van der Waals surface area contributed by atoms with Gasteiger partial charge < -0.3 is 0 Å². The SMILES string of the molecule is [CH]c1ncnc2sc(-c3ccccc3)cc12. The van der Waals surface area contributed by atoms with Crippen molar-refractivity contribution in [3.63, 3.8) is 0 Å². The highest BCUT2D eigenvalue weighted by Crippen LogP contribution is 2.32. The van der Waals surface area contributed by atoms with Gasteiger partial charge in [0.25, 0.3) is 0 Å². The van der Waals surface area contributed by atoms with Crippen molar-refractivity contribution in [1.29, 1.82) is 0 Å². The maximum atomic E-state index is 5.80. The van der Waals surface area contributed by atoms with Crippen LogP contribution in [0.4, 0.5) is 0 Å². The molecule has 2 nitrogen and oxygen atoms in total. The molecule has 2 aromatic heterocycles. The minimum Gasteiger partial charge on any atom is -0.240 e. The third-order valence-electron chi connectivity index (χ3n) is 2.42. The predicted octanol–water partition coefficient (Wildman–Crippen LogP) is 3.42. The van der Waals surface area contributed by atoms with Crippen molar-refractivity contribution >= 4 is 21.6 Å². The lowest BCUT2D eigenvalue weighted by atomic mass is 10.2. The van der Waals surface area contributed by atoms with E-state index in [2.05, 4.69) is 22.1 Å². The molecular formula is C13H8N2S.